The van der Waals surface area contributed by atoms with Gasteiger partial charge in [-0.1, -0.05) is 20.8 Å². The van der Waals surface area contributed by atoms with Gasteiger partial charge in [-0.15, -0.1) is 0 Å². The lowest BCUT2D eigenvalue weighted by atomic mass is 9.70. The summed E-state index contributed by atoms with van der Waals surface area (Å²) in [6, 6.07) is 0. The molecule has 0 aromatic carbocycles. The zero-order valence-electron chi connectivity index (χ0n) is 11.1. The van der Waals surface area contributed by atoms with Crippen molar-refractivity contribution < 1.29 is 32.6 Å². The van der Waals surface area contributed by atoms with Crippen LogP contribution in [0.4, 0.5) is 0 Å². The third-order valence-electron chi connectivity index (χ3n) is 5.18. The van der Waals surface area contributed by atoms with Crippen LogP contribution < -0.4 is 0 Å². The topological polar surface area (TPSA) is 113 Å². The highest BCUT2D eigenvalue weighted by atomic mass is 31.3. The molecule has 0 aliphatic heterocycles. The molecular weight excluding hydrogens is 294 g/mol. The molecule has 0 aromatic heterocycles. The van der Waals surface area contributed by atoms with E-state index in [0.29, 0.717) is 12.3 Å². The van der Waals surface area contributed by atoms with E-state index in [1.165, 1.54) is 0 Å². The molecule has 2 rings (SSSR count). The van der Waals surface area contributed by atoms with Gasteiger partial charge in [0.05, 0.1) is 6.10 Å². The third-order valence-corrected chi connectivity index (χ3v) is 7.38. The minimum Gasteiger partial charge on any atom is -0.302 e. The van der Waals surface area contributed by atoms with Gasteiger partial charge < -0.3 is 14.7 Å². The maximum Gasteiger partial charge on any atom is 0.481 e. The standard InChI is InChI=1S/C10H20O7P2/c1-9(2)7-4-5-10(9,3)8(6-7)16-19(14,15)17-18(11,12)13/h7-8H,4-6H2,1-3H3,(H,14,15)(H2,11,12,13)/t7-,8+,10+/m0/s1. The van der Waals surface area contributed by atoms with Crippen molar-refractivity contribution in [3.8, 4) is 0 Å². The van der Waals surface area contributed by atoms with Gasteiger partial charge in [0, 0.05) is 0 Å². The summed E-state index contributed by atoms with van der Waals surface area (Å²) in [6.45, 7) is 6.18. The van der Waals surface area contributed by atoms with Crippen LogP contribution in [-0.2, 0) is 18.0 Å². The van der Waals surface area contributed by atoms with E-state index in [0.717, 1.165) is 12.8 Å². The van der Waals surface area contributed by atoms with Crippen LogP contribution in [0.1, 0.15) is 40.0 Å². The molecule has 9 heteroatoms. The minimum absolute atomic E-state index is 0.0280. The molecule has 0 saturated heterocycles. The van der Waals surface area contributed by atoms with E-state index in [2.05, 4.69) is 18.2 Å². The van der Waals surface area contributed by atoms with Crippen LogP contribution in [0.15, 0.2) is 0 Å². The second-order valence-corrected chi connectivity index (χ2v) is 9.03. The monoisotopic (exact) mass is 314 g/mol. The van der Waals surface area contributed by atoms with Crippen molar-refractivity contribution in [2.45, 2.75) is 46.1 Å². The zero-order chi connectivity index (χ0) is 14.7. The summed E-state index contributed by atoms with van der Waals surface area (Å²) in [5.41, 5.74) is -0.311. The molecule has 0 spiro atoms. The fourth-order valence-electron chi connectivity index (χ4n) is 3.60. The molecule has 112 valence electrons. The Bertz CT molecular complexity index is 470. The molecule has 7 nitrogen and oxygen atoms in total. The third kappa shape index (κ3) is 2.70. The smallest absolute Gasteiger partial charge is 0.302 e. The molecule has 0 aromatic rings. The van der Waals surface area contributed by atoms with Gasteiger partial charge in [0.1, 0.15) is 0 Å². The summed E-state index contributed by atoms with van der Waals surface area (Å²) >= 11 is 0. The number of phosphoric acid groups is 2. The van der Waals surface area contributed by atoms with Crippen LogP contribution in [0, 0.1) is 16.7 Å². The predicted molar refractivity (Wildman–Crippen MR) is 67.1 cm³/mol. The van der Waals surface area contributed by atoms with E-state index < -0.39 is 21.7 Å². The molecule has 19 heavy (non-hydrogen) atoms. The van der Waals surface area contributed by atoms with Crippen molar-refractivity contribution in [1.82, 2.24) is 0 Å². The van der Waals surface area contributed by atoms with Crippen LogP contribution in [0.25, 0.3) is 0 Å². The fraction of sp³-hybridized carbons (Fsp3) is 1.00. The quantitative estimate of drug-likeness (QED) is 0.683. The molecule has 2 bridgehead atoms. The van der Waals surface area contributed by atoms with E-state index >= 15 is 0 Å². The van der Waals surface area contributed by atoms with E-state index in [9.17, 15) is 14.0 Å². The van der Waals surface area contributed by atoms with Crippen LogP contribution in [0.5, 0.6) is 0 Å². The SMILES string of the molecule is CC1(C)[C@H]2CC[C@]1(C)[C@H](OP(=O)(O)OP(=O)(O)O)C2. The molecule has 1 unspecified atom stereocenters. The zero-order valence-corrected chi connectivity index (χ0v) is 12.9. The number of phosphoric ester groups is 1. The van der Waals surface area contributed by atoms with E-state index in [1.807, 2.05) is 6.92 Å². The summed E-state index contributed by atoms with van der Waals surface area (Å²) < 4.78 is 31.2. The van der Waals surface area contributed by atoms with Crippen LogP contribution in [0.3, 0.4) is 0 Å². The average Bonchev–Trinajstić information content (AvgIpc) is 2.45. The van der Waals surface area contributed by atoms with Gasteiger partial charge in [-0.3, -0.25) is 4.52 Å². The highest BCUT2D eigenvalue weighted by Gasteiger charge is 2.63. The van der Waals surface area contributed by atoms with Gasteiger partial charge in [-0.2, -0.15) is 4.31 Å². The Morgan fingerprint density at radius 3 is 2.11 bits per heavy atom. The van der Waals surface area contributed by atoms with Crippen LogP contribution in [-0.4, -0.2) is 20.8 Å². The number of fused-ring (bicyclic) bond motifs is 2. The maximum absolute atomic E-state index is 11.6. The van der Waals surface area contributed by atoms with Gasteiger partial charge in [-0.05, 0) is 36.0 Å². The van der Waals surface area contributed by atoms with Gasteiger partial charge in [0.15, 0.2) is 0 Å². The summed E-state index contributed by atoms with van der Waals surface area (Å²) in [7, 11) is -9.81. The van der Waals surface area contributed by atoms with E-state index in [1.54, 1.807) is 0 Å². The lowest BCUT2D eigenvalue weighted by molar-refractivity contribution is 0.0107. The van der Waals surface area contributed by atoms with E-state index in [-0.39, 0.29) is 10.8 Å². The van der Waals surface area contributed by atoms with E-state index in [4.69, 9.17) is 14.3 Å². The molecule has 2 aliphatic rings. The first-order valence-electron chi connectivity index (χ1n) is 6.15. The Hall–Kier alpha value is 0.260. The van der Waals surface area contributed by atoms with Crippen molar-refractivity contribution in [3.63, 3.8) is 0 Å². The summed E-state index contributed by atoms with van der Waals surface area (Å²) in [6.07, 6.45) is 1.99. The Balaban J connectivity index is 2.14. The first-order chi connectivity index (χ1) is 8.37. The molecule has 2 fully saturated rings. The molecule has 0 heterocycles. The second-order valence-electron chi connectivity index (χ2n) is 6.25. The second kappa shape index (κ2) is 4.38. The summed E-state index contributed by atoms with van der Waals surface area (Å²) in [4.78, 5) is 26.6. The Labute approximate surface area is 112 Å². The molecule has 3 N–H and O–H groups in total. The first-order valence-corrected chi connectivity index (χ1v) is 9.18. The lowest BCUT2D eigenvalue weighted by Gasteiger charge is -2.38. The van der Waals surface area contributed by atoms with Crippen LogP contribution >= 0.6 is 15.6 Å². The Morgan fingerprint density at radius 2 is 1.74 bits per heavy atom. The Morgan fingerprint density at radius 1 is 1.16 bits per heavy atom. The molecule has 2 aliphatic carbocycles. The number of hydrogen-bond donors (Lipinski definition) is 3. The highest BCUT2D eigenvalue weighted by Crippen LogP contribution is 2.69. The maximum atomic E-state index is 11.6. The van der Waals surface area contributed by atoms with Crippen molar-refractivity contribution in [3.05, 3.63) is 0 Å². The fourth-order valence-corrected chi connectivity index (χ4v) is 5.47. The summed E-state index contributed by atoms with van der Waals surface area (Å²) in [5.74, 6) is 0.387. The van der Waals surface area contributed by atoms with Crippen molar-refractivity contribution in [1.29, 1.82) is 0 Å². The van der Waals surface area contributed by atoms with Gasteiger partial charge >= 0.3 is 15.6 Å². The number of rotatable bonds is 4. The summed E-state index contributed by atoms with van der Waals surface area (Å²) in [5, 5.41) is 0. The van der Waals surface area contributed by atoms with Gasteiger partial charge in [-0.25, -0.2) is 9.13 Å². The predicted octanol–water partition coefficient (Wildman–Crippen LogP) is 2.43. The largest absolute Gasteiger partial charge is 0.481 e. The van der Waals surface area contributed by atoms with Crippen molar-refractivity contribution in [2.24, 2.45) is 16.7 Å². The van der Waals surface area contributed by atoms with Crippen molar-refractivity contribution >= 4 is 15.6 Å². The molecule has 0 amide bonds. The lowest BCUT2D eigenvalue weighted by Crippen LogP contribution is -2.36. The molecule has 0 radical (unpaired) electrons. The van der Waals surface area contributed by atoms with Gasteiger partial charge in [0.25, 0.3) is 0 Å². The Kier molecular flexibility index (Phi) is 3.60. The molecule has 2 saturated carbocycles. The molecular formula is C10H20O7P2. The normalized spacial score (nSPS) is 40.3. The first kappa shape index (κ1) is 15.6. The van der Waals surface area contributed by atoms with Crippen LogP contribution in [0.2, 0.25) is 0 Å². The minimum atomic E-state index is -5.05. The highest BCUT2D eigenvalue weighted by molar-refractivity contribution is 7.60. The average molecular weight is 314 g/mol. The van der Waals surface area contributed by atoms with Gasteiger partial charge in [0.2, 0.25) is 0 Å². The van der Waals surface area contributed by atoms with Crippen molar-refractivity contribution in [2.75, 3.05) is 0 Å². The number of hydrogen-bond acceptors (Lipinski definition) is 4. The molecule has 4 atom stereocenters.